The predicted molar refractivity (Wildman–Crippen MR) is 221 cm³/mol. The maximum atomic E-state index is 17.1. The fourth-order valence-electron chi connectivity index (χ4n) is 9.10. The lowest BCUT2D eigenvalue weighted by molar-refractivity contribution is -0.142. The average molecular weight is 851 g/mol. The van der Waals surface area contributed by atoms with Crippen molar-refractivity contribution in [3.63, 3.8) is 0 Å². The fraction of sp³-hybridized carbons (Fsp3) is 0.500. The number of ether oxygens (including phenoxy) is 3. The maximum Gasteiger partial charge on any atom is 0.410 e. The van der Waals surface area contributed by atoms with Crippen molar-refractivity contribution in [1.82, 2.24) is 24.8 Å². The van der Waals surface area contributed by atoms with Gasteiger partial charge >= 0.3 is 18.1 Å². The first kappa shape index (κ1) is 41.1. The zero-order valence-corrected chi connectivity index (χ0v) is 34.4. The van der Waals surface area contributed by atoms with Crippen molar-refractivity contribution in [2.45, 2.75) is 81.4 Å². The van der Waals surface area contributed by atoms with E-state index in [2.05, 4.69) is 20.8 Å². The number of piperazine rings is 1. The Balaban J connectivity index is 1.08. The molecule has 5 atom stereocenters. The van der Waals surface area contributed by atoms with Gasteiger partial charge in [-0.3, -0.25) is 19.6 Å². The molecule has 4 saturated heterocycles. The molecule has 0 radical (unpaired) electrons. The molecule has 1 N–H and O–H groups in total. The number of hydrogen-bond donors (Lipinski definition) is 1. The van der Waals surface area contributed by atoms with Gasteiger partial charge in [0.1, 0.15) is 48.0 Å². The van der Waals surface area contributed by atoms with E-state index in [0.717, 1.165) is 32.2 Å². The van der Waals surface area contributed by atoms with Crippen LogP contribution in [-0.4, -0.2) is 123 Å². The molecule has 0 saturated carbocycles. The third kappa shape index (κ3) is 8.15. The number of aromatic hydroxyl groups is 1. The Hall–Kier alpha value is -4.66. The standard InChI is InChI=1S/C42H45F3N6O6S2/c1-4-30-33(44)10-7-25-15-29(52)16-31(35(25)30)37-36(45)38-32(18-46-37)39(48-40(47-38)57-23-42-12-6-13-50(42)19-26(43)17-42)49-20-27-8-9-28(21-49)51(27)41(54)56-22-24(3)59-58-14-11-34(53)55-5-2/h1,7,10,15-16,18,24,26-28,52H,5-6,8-9,11-14,17,19-23H2,2-3H3/t24?,26-,27?,28?,42+/m1/s1. The van der Waals surface area contributed by atoms with E-state index in [1.807, 2.05) is 11.8 Å². The van der Waals surface area contributed by atoms with Crippen LogP contribution in [0.3, 0.4) is 0 Å². The van der Waals surface area contributed by atoms with Crippen molar-refractivity contribution < 1.29 is 42.1 Å². The van der Waals surface area contributed by atoms with Gasteiger partial charge in [0.2, 0.25) is 0 Å². The number of fused-ring (bicyclic) bond motifs is 5. The van der Waals surface area contributed by atoms with E-state index in [4.69, 9.17) is 25.6 Å². The number of pyridine rings is 1. The smallest absolute Gasteiger partial charge is 0.410 e. The van der Waals surface area contributed by atoms with Gasteiger partial charge in [0.05, 0.1) is 41.6 Å². The number of carbonyl (C=O) groups excluding carboxylic acids is 2. The number of anilines is 1. The van der Waals surface area contributed by atoms with Crippen molar-refractivity contribution in [1.29, 1.82) is 0 Å². The third-order valence-corrected chi connectivity index (χ3v) is 14.6. The van der Waals surface area contributed by atoms with Crippen LogP contribution in [0.25, 0.3) is 32.9 Å². The number of terminal acetylenes is 1. The molecule has 0 aliphatic carbocycles. The highest BCUT2D eigenvalue weighted by molar-refractivity contribution is 8.76. The number of carbonyl (C=O) groups is 2. The summed E-state index contributed by atoms with van der Waals surface area (Å²) in [4.78, 5) is 45.0. The first-order chi connectivity index (χ1) is 28.5. The number of rotatable bonds is 13. The summed E-state index contributed by atoms with van der Waals surface area (Å²) in [6, 6.07) is 4.84. The van der Waals surface area contributed by atoms with Crippen molar-refractivity contribution in [2.75, 3.05) is 56.7 Å². The Bertz CT molecular complexity index is 2310. The van der Waals surface area contributed by atoms with Crippen molar-refractivity contribution >= 4 is 61.1 Å². The molecule has 12 nitrogen and oxygen atoms in total. The Morgan fingerprint density at radius 3 is 2.69 bits per heavy atom. The fourth-order valence-corrected chi connectivity index (χ4v) is 11.2. The molecule has 4 fully saturated rings. The van der Waals surface area contributed by atoms with Crippen LogP contribution in [0.15, 0.2) is 30.5 Å². The summed E-state index contributed by atoms with van der Waals surface area (Å²) >= 11 is 0. The lowest BCUT2D eigenvalue weighted by atomic mass is 9.95. The van der Waals surface area contributed by atoms with Crippen LogP contribution in [-0.2, 0) is 14.3 Å². The third-order valence-electron chi connectivity index (χ3n) is 11.7. The summed E-state index contributed by atoms with van der Waals surface area (Å²) in [5.41, 5.74) is -0.840. The molecule has 17 heteroatoms. The second-order valence-corrected chi connectivity index (χ2v) is 18.5. The molecule has 4 aliphatic rings. The average Bonchev–Trinajstić information content (AvgIpc) is 3.84. The normalized spacial score (nSPS) is 23.1. The second-order valence-electron chi connectivity index (χ2n) is 15.6. The SMILES string of the molecule is C#Cc1c(F)ccc2cc(O)cc(-c3ncc4c(N5CC6CCC(C5)N6C(=O)OCC(C)SSCCC(=O)OCC)nc(OC[C@@]56CCCN5C[C@H](F)C6)nc4c3F)c12. The maximum absolute atomic E-state index is 17.1. The molecule has 1 amide bonds. The van der Waals surface area contributed by atoms with Crippen LogP contribution in [0, 0.1) is 24.0 Å². The Labute approximate surface area is 347 Å². The van der Waals surface area contributed by atoms with Crippen LogP contribution >= 0.6 is 21.6 Å². The highest BCUT2D eigenvalue weighted by Crippen LogP contribution is 2.43. The van der Waals surface area contributed by atoms with E-state index in [0.29, 0.717) is 61.4 Å². The Morgan fingerprint density at radius 1 is 1.14 bits per heavy atom. The van der Waals surface area contributed by atoms with E-state index in [9.17, 15) is 23.5 Å². The van der Waals surface area contributed by atoms with Gasteiger partial charge in [0, 0.05) is 54.2 Å². The van der Waals surface area contributed by atoms with Gasteiger partial charge in [-0.15, -0.1) is 6.42 Å². The van der Waals surface area contributed by atoms with Gasteiger partial charge in [0.15, 0.2) is 5.82 Å². The molecule has 59 heavy (non-hydrogen) atoms. The monoisotopic (exact) mass is 850 g/mol. The van der Waals surface area contributed by atoms with Crippen LogP contribution in [0.5, 0.6) is 11.8 Å². The Kier molecular flexibility index (Phi) is 11.9. The summed E-state index contributed by atoms with van der Waals surface area (Å²) in [6.45, 7) is 6.24. The van der Waals surface area contributed by atoms with Gasteiger partial charge in [-0.25, -0.2) is 18.0 Å². The Morgan fingerprint density at radius 2 is 1.93 bits per heavy atom. The minimum Gasteiger partial charge on any atom is -0.508 e. The summed E-state index contributed by atoms with van der Waals surface area (Å²) in [6.07, 6.45) is 9.55. The van der Waals surface area contributed by atoms with Crippen molar-refractivity contribution in [3.05, 3.63) is 47.7 Å². The second kappa shape index (κ2) is 17.1. The minimum atomic E-state index is -0.977. The molecule has 312 valence electrons. The molecular formula is C42H45F3N6O6S2. The predicted octanol–water partition coefficient (Wildman–Crippen LogP) is 7.28. The molecule has 2 aromatic carbocycles. The number of halogens is 3. The van der Waals surface area contributed by atoms with Crippen molar-refractivity contribution in [3.8, 4) is 35.4 Å². The number of alkyl halides is 1. The van der Waals surface area contributed by atoms with Gasteiger partial charge in [-0.05, 0) is 69.7 Å². The zero-order valence-electron chi connectivity index (χ0n) is 32.8. The lowest BCUT2D eigenvalue weighted by Crippen LogP contribution is -2.56. The number of aromatic nitrogens is 3. The number of benzene rings is 2. The van der Waals surface area contributed by atoms with Gasteiger partial charge in [0.25, 0.3) is 0 Å². The molecule has 3 unspecified atom stereocenters. The number of phenolic OH excluding ortho intramolecular Hbond substituents is 1. The quantitative estimate of drug-likeness (QED) is 0.0627. The molecule has 8 rings (SSSR count). The molecule has 0 spiro atoms. The van der Waals surface area contributed by atoms with E-state index >= 15 is 4.39 Å². The van der Waals surface area contributed by atoms with Gasteiger partial charge in [-0.2, -0.15) is 9.97 Å². The molecule has 2 aromatic heterocycles. The highest BCUT2D eigenvalue weighted by Gasteiger charge is 2.50. The minimum absolute atomic E-state index is 0.00548. The highest BCUT2D eigenvalue weighted by atomic mass is 33.1. The van der Waals surface area contributed by atoms with Gasteiger partial charge < -0.3 is 24.2 Å². The molecule has 4 aliphatic heterocycles. The van der Waals surface area contributed by atoms with Crippen molar-refractivity contribution in [2.24, 2.45) is 0 Å². The molecular weight excluding hydrogens is 806 g/mol. The van der Waals surface area contributed by atoms with Crippen LogP contribution in [0.2, 0.25) is 0 Å². The van der Waals surface area contributed by atoms with E-state index in [1.165, 1.54) is 41.3 Å². The molecule has 6 heterocycles. The lowest BCUT2D eigenvalue weighted by Gasteiger charge is -2.41. The van der Waals surface area contributed by atoms with E-state index in [1.54, 1.807) is 22.6 Å². The van der Waals surface area contributed by atoms with E-state index < -0.39 is 29.4 Å². The zero-order chi connectivity index (χ0) is 41.4. The summed E-state index contributed by atoms with van der Waals surface area (Å²) in [5, 5.41) is 11.6. The number of amides is 1. The van der Waals surface area contributed by atoms with Crippen LogP contribution < -0.4 is 9.64 Å². The number of hydrogen-bond acceptors (Lipinski definition) is 13. The first-order valence-electron chi connectivity index (χ1n) is 19.9. The summed E-state index contributed by atoms with van der Waals surface area (Å²) < 4.78 is 63.8. The summed E-state index contributed by atoms with van der Waals surface area (Å²) in [5.74, 6) is 1.37. The van der Waals surface area contributed by atoms with Crippen LogP contribution in [0.4, 0.5) is 23.8 Å². The first-order valence-corrected chi connectivity index (χ1v) is 22.3. The number of esters is 1. The topological polar surface area (TPSA) is 130 Å². The molecule has 2 bridgehead atoms. The molecule has 4 aromatic rings. The number of nitrogens with zero attached hydrogens (tertiary/aromatic N) is 6. The van der Waals surface area contributed by atoms with E-state index in [-0.39, 0.29) is 76.0 Å². The largest absolute Gasteiger partial charge is 0.508 e. The van der Waals surface area contributed by atoms with Crippen LogP contribution in [0.1, 0.15) is 57.9 Å². The van der Waals surface area contributed by atoms with Gasteiger partial charge in [-0.1, -0.05) is 33.6 Å². The summed E-state index contributed by atoms with van der Waals surface area (Å²) in [7, 11) is 3.08. The number of phenols is 1.